The highest BCUT2D eigenvalue weighted by atomic mass is 35.5. The lowest BCUT2D eigenvalue weighted by atomic mass is 10.1. The minimum atomic E-state index is 0. The summed E-state index contributed by atoms with van der Waals surface area (Å²) in [6.45, 7) is 8.93. The first-order valence-electron chi connectivity index (χ1n) is 8.16. The number of nitrogens with zero attached hydrogens (tertiary/aromatic N) is 2. The molecule has 120 valence electrons. The molecular weight excluding hydrogens is 316 g/mol. The van der Waals surface area contributed by atoms with Crippen molar-refractivity contribution in [3.05, 3.63) is 64.7 Å². The van der Waals surface area contributed by atoms with E-state index in [1.165, 1.54) is 55.5 Å². The molecule has 0 amide bonds. The van der Waals surface area contributed by atoms with Crippen LogP contribution in [0, 0.1) is 27.7 Å². The van der Waals surface area contributed by atoms with E-state index in [4.69, 9.17) is 0 Å². The summed E-state index contributed by atoms with van der Waals surface area (Å²) in [5.41, 5.74) is 13.3. The number of halogens is 1. The fraction of sp³-hybridized carbons (Fsp3) is 0.190. The van der Waals surface area contributed by atoms with Crippen molar-refractivity contribution in [3.8, 4) is 5.69 Å². The summed E-state index contributed by atoms with van der Waals surface area (Å²) in [7, 11) is 0. The number of aromatic nitrogens is 2. The number of rotatable bonds is 0. The van der Waals surface area contributed by atoms with Crippen LogP contribution in [0.5, 0.6) is 0 Å². The Labute approximate surface area is 147 Å². The third-order valence-corrected chi connectivity index (χ3v) is 5.66. The van der Waals surface area contributed by atoms with Crippen molar-refractivity contribution in [2.24, 2.45) is 0 Å². The molecule has 0 N–H and O–H groups in total. The fourth-order valence-electron chi connectivity index (χ4n) is 4.10. The molecule has 0 atom stereocenters. The van der Waals surface area contributed by atoms with Crippen LogP contribution in [0.25, 0.3) is 33.3 Å². The summed E-state index contributed by atoms with van der Waals surface area (Å²) >= 11 is 0. The number of pyridine rings is 2. The molecule has 2 aliphatic heterocycles. The van der Waals surface area contributed by atoms with E-state index < -0.39 is 0 Å². The molecule has 3 aromatic rings. The highest BCUT2D eigenvalue weighted by molar-refractivity contribution is 5.86. The standard InChI is InChI=1S/C21H19N2.ClH/c1-12-14(3)20-11-21-15(4)13(2)17-8-6-10-19(23(17)21)18-9-5-7-16(12)22(18)20;/h5-11H,1-4H3;1H/q+1;/p-1. The predicted molar refractivity (Wildman–Crippen MR) is 95.3 cm³/mol. The molecule has 0 bridgehead atoms. The van der Waals surface area contributed by atoms with E-state index in [0.717, 1.165) is 0 Å². The lowest BCUT2D eigenvalue weighted by Gasteiger charge is -1.99. The maximum absolute atomic E-state index is 2.42. The second kappa shape index (κ2) is 4.84. The molecule has 0 aliphatic carbocycles. The third-order valence-electron chi connectivity index (χ3n) is 5.66. The van der Waals surface area contributed by atoms with Crippen molar-refractivity contribution in [2.75, 3.05) is 0 Å². The van der Waals surface area contributed by atoms with Gasteiger partial charge in [0.05, 0.1) is 5.52 Å². The van der Waals surface area contributed by atoms with Gasteiger partial charge in [0.25, 0.3) is 0 Å². The molecule has 5 heterocycles. The van der Waals surface area contributed by atoms with Gasteiger partial charge in [-0.1, -0.05) is 6.07 Å². The number of fused-ring (bicyclic) bond motifs is 1. The highest BCUT2D eigenvalue weighted by Gasteiger charge is 2.28. The maximum atomic E-state index is 2.42. The molecule has 0 saturated heterocycles. The van der Waals surface area contributed by atoms with Gasteiger partial charge in [-0.3, -0.25) is 0 Å². The van der Waals surface area contributed by atoms with Crippen LogP contribution >= 0.6 is 0 Å². The van der Waals surface area contributed by atoms with Crippen molar-refractivity contribution in [1.29, 1.82) is 0 Å². The van der Waals surface area contributed by atoms with Crippen LogP contribution in [0.15, 0.2) is 42.5 Å². The van der Waals surface area contributed by atoms with Crippen LogP contribution in [-0.4, -0.2) is 4.40 Å². The molecule has 0 aromatic carbocycles. The number of hydrogen-bond donors (Lipinski definition) is 0. The summed E-state index contributed by atoms with van der Waals surface area (Å²) in [6.07, 6.45) is 0. The molecule has 3 aromatic heterocycles. The van der Waals surface area contributed by atoms with Crippen LogP contribution in [0.3, 0.4) is 0 Å². The van der Waals surface area contributed by atoms with E-state index in [2.05, 4.69) is 79.1 Å². The zero-order valence-electron chi connectivity index (χ0n) is 14.3. The number of aryl methyl sites for hydroxylation is 3. The van der Waals surface area contributed by atoms with Gasteiger partial charge in [-0.25, -0.2) is 0 Å². The Morgan fingerprint density at radius 1 is 0.667 bits per heavy atom. The first-order valence-corrected chi connectivity index (χ1v) is 8.16. The molecule has 24 heavy (non-hydrogen) atoms. The first-order chi connectivity index (χ1) is 11.1. The van der Waals surface area contributed by atoms with Crippen molar-refractivity contribution in [2.45, 2.75) is 27.7 Å². The molecule has 2 nitrogen and oxygen atoms in total. The molecule has 0 spiro atoms. The Morgan fingerprint density at radius 3 is 2.08 bits per heavy atom. The first kappa shape index (κ1) is 15.2. The van der Waals surface area contributed by atoms with Gasteiger partial charge in [-0.15, -0.1) is 0 Å². The van der Waals surface area contributed by atoms with Gasteiger partial charge in [0.2, 0.25) is 16.7 Å². The molecule has 5 rings (SSSR count). The van der Waals surface area contributed by atoms with Gasteiger partial charge in [-0.05, 0) is 57.0 Å². The van der Waals surface area contributed by atoms with Crippen molar-refractivity contribution < 1.29 is 17.0 Å². The van der Waals surface area contributed by atoms with Crippen LogP contribution < -0.4 is 17.0 Å². The Hall–Kier alpha value is -2.32. The lowest BCUT2D eigenvalue weighted by molar-refractivity contribution is -0.536. The summed E-state index contributed by atoms with van der Waals surface area (Å²) in [5, 5.41) is 0. The normalized spacial score (nSPS) is 11.8. The van der Waals surface area contributed by atoms with Gasteiger partial charge in [0.1, 0.15) is 5.52 Å². The Bertz CT molecular complexity index is 1200. The summed E-state index contributed by atoms with van der Waals surface area (Å²) in [5.74, 6) is 0. The molecule has 3 heteroatoms. The Balaban J connectivity index is 0.00000146. The molecule has 0 radical (unpaired) electrons. The topological polar surface area (TPSA) is 8.29 Å². The zero-order valence-corrected chi connectivity index (χ0v) is 15.1. The second-order valence-corrected chi connectivity index (χ2v) is 6.68. The number of hydrogen-bond acceptors (Lipinski definition) is 0. The highest BCUT2D eigenvalue weighted by Crippen LogP contribution is 2.31. The fourth-order valence-corrected chi connectivity index (χ4v) is 4.10. The van der Waals surface area contributed by atoms with Gasteiger partial charge >= 0.3 is 0 Å². The zero-order chi connectivity index (χ0) is 15.9. The largest absolute Gasteiger partial charge is 1.00 e. The van der Waals surface area contributed by atoms with E-state index in [1.807, 2.05) is 0 Å². The summed E-state index contributed by atoms with van der Waals surface area (Å²) < 4.78 is 4.84. The van der Waals surface area contributed by atoms with Crippen molar-refractivity contribution >= 4 is 27.6 Å². The molecule has 0 fully saturated rings. The average Bonchev–Trinajstić information content (AvgIpc) is 2.88. The van der Waals surface area contributed by atoms with E-state index in [-0.39, 0.29) is 12.4 Å². The maximum Gasteiger partial charge on any atom is 0.235 e. The Kier molecular flexibility index (Phi) is 3.07. The van der Waals surface area contributed by atoms with E-state index in [1.54, 1.807) is 0 Å². The SMILES string of the molecule is Cc1c2cc3c(C)c(C)c4cccc(c5cccc(c1C)[n+]5-2)n43.[Cl-]. The van der Waals surface area contributed by atoms with E-state index in [9.17, 15) is 0 Å². The molecule has 0 unspecified atom stereocenters. The van der Waals surface area contributed by atoms with Gasteiger partial charge in [0.15, 0.2) is 0 Å². The molecule has 0 saturated carbocycles. The minimum Gasteiger partial charge on any atom is -1.00 e. The molecular formula is C21H19ClN2. The van der Waals surface area contributed by atoms with Crippen LogP contribution in [0.4, 0.5) is 0 Å². The minimum absolute atomic E-state index is 0. The summed E-state index contributed by atoms with van der Waals surface area (Å²) in [6, 6.07) is 15.6. The van der Waals surface area contributed by atoms with Gasteiger partial charge in [0, 0.05) is 34.8 Å². The van der Waals surface area contributed by atoms with Gasteiger partial charge < -0.3 is 16.8 Å². The Morgan fingerprint density at radius 2 is 1.29 bits per heavy atom. The summed E-state index contributed by atoms with van der Waals surface area (Å²) in [4.78, 5) is 0. The van der Waals surface area contributed by atoms with Gasteiger partial charge in [-0.2, -0.15) is 4.57 Å². The monoisotopic (exact) mass is 334 g/mol. The van der Waals surface area contributed by atoms with Crippen LogP contribution in [0.2, 0.25) is 0 Å². The van der Waals surface area contributed by atoms with Crippen molar-refractivity contribution in [1.82, 2.24) is 4.40 Å². The van der Waals surface area contributed by atoms with Crippen LogP contribution in [0.1, 0.15) is 22.3 Å². The van der Waals surface area contributed by atoms with Crippen LogP contribution in [-0.2, 0) is 0 Å². The smallest absolute Gasteiger partial charge is 0.235 e. The van der Waals surface area contributed by atoms with E-state index in [0.29, 0.717) is 0 Å². The lowest BCUT2D eigenvalue weighted by Crippen LogP contribution is -3.00. The quantitative estimate of drug-likeness (QED) is 0.381. The predicted octanol–water partition coefficient (Wildman–Crippen LogP) is 1.64. The van der Waals surface area contributed by atoms with E-state index >= 15 is 0 Å². The van der Waals surface area contributed by atoms with Crippen molar-refractivity contribution in [3.63, 3.8) is 0 Å². The average molecular weight is 335 g/mol. The molecule has 2 aliphatic rings. The third kappa shape index (κ3) is 1.59. The second-order valence-electron chi connectivity index (χ2n) is 6.68.